The number of hydrogen-bond donors (Lipinski definition) is 2. The molecule has 0 aliphatic carbocycles. The Morgan fingerprint density at radius 2 is 2.09 bits per heavy atom. The maximum absolute atomic E-state index is 12.5. The summed E-state index contributed by atoms with van der Waals surface area (Å²) in [6, 6.07) is 13.9. The molecular weight excluding hydrogens is 414 g/mol. The molecule has 1 saturated heterocycles. The van der Waals surface area contributed by atoms with Crippen molar-refractivity contribution in [2.24, 2.45) is 5.92 Å². The van der Waals surface area contributed by atoms with Gasteiger partial charge in [-0.05, 0) is 55.9 Å². The van der Waals surface area contributed by atoms with Crippen LogP contribution in [0.5, 0.6) is 0 Å². The fourth-order valence-electron chi connectivity index (χ4n) is 4.08. The highest BCUT2D eigenvalue weighted by molar-refractivity contribution is 5.69. The average molecular weight is 446 g/mol. The number of aromatic nitrogens is 3. The van der Waals surface area contributed by atoms with Crippen LogP contribution in [-0.4, -0.2) is 45.8 Å². The predicted octanol–water partition coefficient (Wildman–Crippen LogP) is 5.36. The van der Waals surface area contributed by atoms with Crippen molar-refractivity contribution in [1.29, 1.82) is 0 Å². The molecule has 0 bridgehead atoms. The molecule has 1 aromatic carbocycles. The van der Waals surface area contributed by atoms with Crippen LogP contribution < -0.4 is 5.32 Å². The standard InChI is InChI=1S/C26H31N5O2/c1-2-7-25-24(12-11-23(30-25)22-17-28-29-18-22)27-16-20-10-6-14-31(15-13-20)26(32)33-19-21-8-4-3-5-9-21/h2-5,7-9,11-12,17-18,20,27H,6,10,13-16,19H2,1H3,(H,28,29)/b7-2-. The van der Waals surface area contributed by atoms with E-state index in [2.05, 4.69) is 21.6 Å². The monoisotopic (exact) mass is 445 g/mol. The first kappa shape index (κ1) is 22.6. The van der Waals surface area contributed by atoms with Crippen LogP contribution >= 0.6 is 0 Å². The molecule has 1 fully saturated rings. The molecule has 1 atom stereocenters. The zero-order valence-corrected chi connectivity index (χ0v) is 19.0. The molecule has 0 saturated carbocycles. The van der Waals surface area contributed by atoms with Gasteiger partial charge in [0.2, 0.25) is 0 Å². The Morgan fingerprint density at radius 1 is 1.21 bits per heavy atom. The number of hydrogen-bond acceptors (Lipinski definition) is 5. The normalized spacial score (nSPS) is 16.5. The Balaban J connectivity index is 1.30. The van der Waals surface area contributed by atoms with Gasteiger partial charge in [-0.3, -0.25) is 5.10 Å². The van der Waals surface area contributed by atoms with Gasteiger partial charge in [0, 0.05) is 31.4 Å². The number of amides is 1. The number of ether oxygens (including phenoxy) is 1. The van der Waals surface area contributed by atoms with Crippen LogP contribution in [0.25, 0.3) is 17.3 Å². The van der Waals surface area contributed by atoms with E-state index in [1.807, 2.05) is 66.6 Å². The van der Waals surface area contributed by atoms with Crippen molar-refractivity contribution >= 4 is 17.9 Å². The molecule has 1 aliphatic rings. The summed E-state index contributed by atoms with van der Waals surface area (Å²) in [5.41, 5.74) is 4.79. The van der Waals surface area contributed by atoms with Crippen LogP contribution in [0.3, 0.4) is 0 Å². The first-order valence-corrected chi connectivity index (χ1v) is 11.6. The zero-order valence-electron chi connectivity index (χ0n) is 19.0. The van der Waals surface area contributed by atoms with E-state index in [1.54, 1.807) is 6.20 Å². The quantitative estimate of drug-likeness (QED) is 0.512. The molecule has 1 amide bonds. The fraction of sp³-hybridized carbons (Fsp3) is 0.346. The Morgan fingerprint density at radius 3 is 2.88 bits per heavy atom. The maximum atomic E-state index is 12.5. The van der Waals surface area contributed by atoms with Crippen LogP contribution in [0.15, 0.2) is 60.9 Å². The highest BCUT2D eigenvalue weighted by Gasteiger charge is 2.22. The lowest BCUT2D eigenvalue weighted by molar-refractivity contribution is 0.0971. The minimum absolute atomic E-state index is 0.220. The van der Waals surface area contributed by atoms with Gasteiger partial charge in [-0.15, -0.1) is 0 Å². The Labute approximate surface area is 194 Å². The number of likely N-dealkylation sites (tertiary alicyclic amines) is 1. The lowest BCUT2D eigenvalue weighted by atomic mass is 10.0. The average Bonchev–Trinajstić information content (AvgIpc) is 3.28. The summed E-state index contributed by atoms with van der Waals surface area (Å²) in [4.78, 5) is 19.2. The van der Waals surface area contributed by atoms with Crippen molar-refractivity contribution in [3.8, 4) is 11.3 Å². The van der Waals surface area contributed by atoms with Crippen molar-refractivity contribution in [2.75, 3.05) is 25.0 Å². The van der Waals surface area contributed by atoms with Gasteiger partial charge < -0.3 is 15.0 Å². The molecule has 7 heteroatoms. The molecule has 3 heterocycles. The SMILES string of the molecule is C/C=C\c1nc(-c2cn[nH]c2)ccc1NCC1CCCN(C(=O)OCc2ccccc2)CC1. The number of H-pyrrole nitrogens is 1. The summed E-state index contributed by atoms with van der Waals surface area (Å²) in [6.45, 7) is 4.63. The van der Waals surface area contributed by atoms with E-state index in [0.29, 0.717) is 12.5 Å². The van der Waals surface area contributed by atoms with E-state index >= 15 is 0 Å². The number of benzene rings is 1. The third-order valence-corrected chi connectivity index (χ3v) is 5.94. The van der Waals surface area contributed by atoms with Crippen molar-refractivity contribution in [1.82, 2.24) is 20.1 Å². The molecule has 33 heavy (non-hydrogen) atoms. The molecule has 172 valence electrons. The van der Waals surface area contributed by atoms with E-state index in [9.17, 15) is 4.79 Å². The largest absolute Gasteiger partial charge is 0.445 e. The molecular formula is C26H31N5O2. The van der Waals surface area contributed by atoms with Gasteiger partial charge in [0.15, 0.2) is 0 Å². The molecule has 0 spiro atoms. The van der Waals surface area contributed by atoms with Crippen LogP contribution in [0, 0.1) is 5.92 Å². The molecule has 2 aromatic heterocycles. The van der Waals surface area contributed by atoms with Gasteiger partial charge in [-0.25, -0.2) is 9.78 Å². The number of allylic oxidation sites excluding steroid dienone is 1. The molecule has 1 aliphatic heterocycles. The summed E-state index contributed by atoms with van der Waals surface area (Å²) in [5, 5.41) is 10.4. The van der Waals surface area contributed by atoms with Gasteiger partial charge in [0.1, 0.15) is 6.61 Å². The molecule has 7 nitrogen and oxygen atoms in total. The van der Waals surface area contributed by atoms with E-state index in [-0.39, 0.29) is 6.09 Å². The summed E-state index contributed by atoms with van der Waals surface area (Å²) >= 11 is 0. The van der Waals surface area contributed by atoms with Crippen molar-refractivity contribution in [3.63, 3.8) is 0 Å². The van der Waals surface area contributed by atoms with Gasteiger partial charge in [-0.2, -0.15) is 5.10 Å². The number of rotatable bonds is 7. The second kappa shape index (κ2) is 11.3. The van der Waals surface area contributed by atoms with E-state index in [1.165, 1.54) is 0 Å². The number of anilines is 1. The summed E-state index contributed by atoms with van der Waals surface area (Å²) in [6.07, 6.45) is 10.4. The van der Waals surface area contributed by atoms with Gasteiger partial charge in [0.25, 0.3) is 0 Å². The minimum atomic E-state index is -0.220. The summed E-state index contributed by atoms with van der Waals surface area (Å²) in [5.74, 6) is 0.490. The molecule has 2 N–H and O–H groups in total. The van der Waals surface area contributed by atoms with Gasteiger partial charge >= 0.3 is 6.09 Å². The smallest absolute Gasteiger partial charge is 0.410 e. The van der Waals surface area contributed by atoms with E-state index < -0.39 is 0 Å². The number of nitrogens with one attached hydrogen (secondary N) is 2. The van der Waals surface area contributed by atoms with Crippen LogP contribution in [0.1, 0.15) is 37.4 Å². The first-order valence-electron chi connectivity index (χ1n) is 11.6. The van der Waals surface area contributed by atoms with Crippen molar-refractivity contribution < 1.29 is 9.53 Å². The Hall–Kier alpha value is -3.61. The molecule has 1 unspecified atom stereocenters. The minimum Gasteiger partial charge on any atom is -0.445 e. The molecule has 4 rings (SSSR count). The second-order valence-corrected chi connectivity index (χ2v) is 8.32. The summed E-state index contributed by atoms with van der Waals surface area (Å²) < 4.78 is 5.52. The van der Waals surface area contributed by atoms with Crippen LogP contribution in [-0.2, 0) is 11.3 Å². The Kier molecular flexibility index (Phi) is 7.74. The number of pyridine rings is 1. The maximum Gasteiger partial charge on any atom is 0.410 e. The molecule has 3 aromatic rings. The topological polar surface area (TPSA) is 83.1 Å². The zero-order chi connectivity index (χ0) is 22.9. The van der Waals surface area contributed by atoms with Crippen LogP contribution in [0.4, 0.5) is 10.5 Å². The van der Waals surface area contributed by atoms with E-state index in [4.69, 9.17) is 9.72 Å². The van der Waals surface area contributed by atoms with E-state index in [0.717, 1.165) is 67.1 Å². The third-order valence-electron chi connectivity index (χ3n) is 5.94. The number of carbonyl (C=O) groups excluding carboxylic acids is 1. The highest BCUT2D eigenvalue weighted by atomic mass is 16.6. The van der Waals surface area contributed by atoms with Crippen molar-refractivity contribution in [2.45, 2.75) is 32.8 Å². The first-order chi connectivity index (χ1) is 16.2. The number of aromatic amines is 1. The van der Waals surface area contributed by atoms with Crippen molar-refractivity contribution in [3.05, 3.63) is 72.2 Å². The highest BCUT2D eigenvalue weighted by Crippen LogP contribution is 2.24. The Bertz CT molecular complexity index is 1050. The number of carbonyl (C=O) groups is 1. The van der Waals surface area contributed by atoms with Gasteiger partial charge in [-0.1, -0.05) is 36.4 Å². The second-order valence-electron chi connectivity index (χ2n) is 8.32. The predicted molar refractivity (Wildman–Crippen MR) is 131 cm³/mol. The summed E-state index contributed by atoms with van der Waals surface area (Å²) in [7, 11) is 0. The third kappa shape index (κ3) is 6.22. The molecule has 0 radical (unpaired) electrons. The van der Waals surface area contributed by atoms with Crippen LogP contribution in [0.2, 0.25) is 0 Å². The number of nitrogens with zero attached hydrogens (tertiary/aromatic N) is 3. The van der Waals surface area contributed by atoms with Gasteiger partial charge in [0.05, 0.1) is 23.3 Å². The fourth-order valence-corrected chi connectivity index (χ4v) is 4.08. The lowest BCUT2D eigenvalue weighted by Gasteiger charge is -2.20. The lowest BCUT2D eigenvalue weighted by Crippen LogP contribution is -2.32.